The number of amides is 2. The molecule has 1 aliphatic carbocycles. The quantitative estimate of drug-likeness (QED) is 0.610. The Balaban J connectivity index is 1.69. The van der Waals surface area contributed by atoms with Crippen LogP contribution in [0.25, 0.3) is 0 Å². The van der Waals surface area contributed by atoms with Gasteiger partial charge in [-0.2, -0.15) is 0 Å². The Labute approximate surface area is 185 Å². The second kappa shape index (κ2) is 10.3. The monoisotopic (exact) mass is 435 g/mol. The van der Waals surface area contributed by atoms with Crippen LogP contribution in [0.2, 0.25) is 0 Å². The lowest BCUT2D eigenvalue weighted by molar-refractivity contribution is -0.127. The molecule has 1 aliphatic rings. The molecule has 160 valence electrons. The van der Waals surface area contributed by atoms with Crippen LogP contribution in [0.1, 0.15) is 59.8 Å². The molecule has 3 aromatic rings. The Bertz CT molecular complexity index is 976. The average molecular weight is 436 g/mol. The zero-order valence-corrected chi connectivity index (χ0v) is 18.0. The summed E-state index contributed by atoms with van der Waals surface area (Å²) in [4.78, 5) is 32.8. The van der Waals surface area contributed by atoms with Gasteiger partial charge in [-0.15, -0.1) is 5.10 Å². The molecule has 4 rings (SSSR count). The topological polar surface area (TPSA) is 88.1 Å². The molecule has 2 heterocycles. The Morgan fingerprint density at radius 2 is 1.90 bits per heavy atom. The van der Waals surface area contributed by atoms with Crippen molar-refractivity contribution in [2.45, 2.75) is 50.7 Å². The van der Waals surface area contributed by atoms with Crippen molar-refractivity contribution in [3.63, 3.8) is 0 Å². The molecule has 0 aliphatic heterocycles. The van der Waals surface area contributed by atoms with Crippen molar-refractivity contribution in [1.29, 1.82) is 0 Å². The highest BCUT2D eigenvalue weighted by atomic mass is 32.1. The number of hydrogen-bond donors (Lipinski definition) is 1. The minimum atomic E-state index is -0.815. The molecule has 1 aromatic carbocycles. The minimum Gasteiger partial charge on any atom is -0.351 e. The largest absolute Gasteiger partial charge is 0.351 e. The molecule has 0 radical (unpaired) electrons. The lowest BCUT2D eigenvalue weighted by atomic mass is 9.94. The fourth-order valence-corrected chi connectivity index (χ4v) is 4.43. The first-order valence-electron chi connectivity index (χ1n) is 10.5. The van der Waals surface area contributed by atoms with E-state index in [2.05, 4.69) is 19.9 Å². The Hall–Kier alpha value is -3.13. The molecule has 2 amide bonds. The van der Waals surface area contributed by atoms with Crippen molar-refractivity contribution < 1.29 is 9.59 Å². The van der Waals surface area contributed by atoms with Gasteiger partial charge in [-0.1, -0.05) is 60.1 Å². The van der Waals surface area contributed by atoms with Gasteiger partial charge in [0, 0.05) is 35.9 Å². The molecule has 1 N–H and O–H groups in total. The van der Waals surface area contributed by atoms with E-state index < -0.39 is 6.04 Å². The fraction of sp³-hybridized carbons (Fsp3) is 0.348. The molecule has 1 unspecified atom stereocenters. The summed E-state index contributed by atoms with van der Waals surface area (Å²) in [6.45, 7) is 0.273. The third-order valence-corrected chi connectivity index (χ3v) is 6.05. The summed E-state index contributed by atoms with van der Waals surface area (Å²) in [7, 11) is 0. The van der Waals surface area contributed by atoms with E-state index in [4.69, 9.17) is 0 Å². The first-order valence-corrected chi connectivity index (χ1v) is 11.4. The number of carbonyl (C=O) groups is 2. The predicted octanol–water partition coefficient (Wildman–Crippen LogP) is 3.77. The predicted molar refractivity (Wildman–Crippen MR) is 118 cm³/mol. The molecule has 2 aromatic heterocycles. The van der Waals surface area contributed by atoms with E-state index in [-0.39, 0.29) is 30.1 Å². The molecule has 0 spiro atoms. The maximum Gasteiger partial charge on any atom is 0.276 e. The number of nitrogens with one attached hydrogen (secondary N) is 1. The van der Waals surface area contributed by atoms with Crippen LogP contribution in [0.4, 0.5) is 0 Å². The van der Waals surface area contributed by atoms with Crippen LogP contribution in [0, 0.1) is 0 Å². The van der Waals surface area contributed by atoms with Crippen molar-refractivity contribution >= 4 is 23.3 Å². The number of carbonyl (C=O) groups excluding carboxylic acids is 2. The third kappa shape index (κ3) is 5.32. The van der Waals surface area contributed by atoms with Crippen molar-refractivity contribution in [1.82, 2.24) is 24.8 Å². The van der Waals surface area contributed by atoms with Crippen molar-refractivity contribution in [2.75, 3.05) is 0 Å². The summed E-state index contributed by atoms with van der Waals surface area (Å²) in [6, 6.07) is 12.6. The highest BCUT2D eigenvalue weighted by Crippen LogP contribution is 2.26. The molecular formula is C23H25N5O2S. The van der Waals surface area contributed by atoms with Gasteiger partial charge < -0.3 is 10.2 Å². The maximum atomic E-state index is 13.6. The van der Waals surface area contributed by atoms with E-state index in [0.717, 1.165) is 42.8 Å². The van der Waals surface area contributed by atoms with Crippen molar-refractivity contribution in [3.8, 4) is 0 Å². The number of rotatable bonds is 7. The third-order valence-electron chi connectivity index (χ3n) is 5.55. The zero-order chi connectivity index (χ0) is 21.5. The summed E-state index contributed by atoms with van der Waals surface area (Å²) in [5.74, 6) is -0.516. The zero-order valence-electron chi connectivity index (χ0n) is 17.2. The van der Waals surface area contributed by atoms with Crippen molar-refractivity contribution in [2.24, 2.45) is 0 Å². The first kappa shape index (κ1) is 21.1. The van der Waals surface area contributed by atoms with E-state index in [1.165, 1.54) is 6.42 Å². The number of pyridine rings is 1. The summed E-state index contributed by atoms with van der Waals surface area (Å²) >= 11 is 1.11. The Morgan fingerprint density at radius 3 is 2.58 bits per heavy atom. The number of nitrogens with zero attached hydrogens (tertiary/aromatic N) is 4. The Morgan fingerprint density at radius 1 is 1.10 bits per heavy atom. The average Bonchev–Trinajstić information content (AvgIpc) is 3.35. The van der Waals surface area contributed by atoms with E-state index in [1.807, 2.05) is 36.4 Å². The van der Waals surface area contributed by atoms with Gasteiger partial charge in [-0.05, 0) is 36.0 Å². The SMILES string of the molecule is O=C(NC1CCCCC1)C(c1cccnc1)N(Cc1ccccc1)C(=O)c1csnn1. The molecule has 1 atom stereocenters. The second-order valence-corrected chi connectivity index (χ2v) is 8.35. The van der Waals surface area contributed by atoms with Gasteiger partial charge in [0.15, 0.2) is 5.69 Å². The van der Waals surface area contributed by atoms with Crippen LogP contribution in [-0.2, 0) is 11.3 Å². The van der Waals surface area contributed by atoms with Gasteiger partial charge in [0.25, 0.3) is 5.91 Å². The highest BCUT2D eigenvalue weighted by molar-refractivity contribution is 7.03. The van der Waals surface area contributed by atoms with Gasteiger partial charge >= 0.3 is 0 Å². The second-order valence-electron chi connectivity index (χ2n) is 7.74. The number of aromatic nitrogens is 3. The fourth-order valence-electron chi connectivity index (χ4n) is 4.00. The summed E-state index contributed by atoms with van der Waals surface area (Å²) in [5.41, 5.74) is 1.84. The lowest BCUT2D eigenvalue weighted by Gasteiger charge is -2.33. The van der Waals surface area contributed by atoms with E-state index in [0.29, 0.717) is 5.56 Å². The van der Waals surface area contributed by atoms with Crippen molar-refractivity contribution in [3.05, 3.63) is 77.1 Å². The molecule has 7 nitrogen and oxygen atoms in total. The highest BCUT2D eigenvalue weighted by Gasteiger charge is 2.34. The Kier molecular flexibility index (Phi) is 6.99. The maximum absolute atomic E-state index is 13.6. The number of benzene rings is 1. The van der Waals surface area contributed by atoms with Gasteiger partial charge in [0.2, 0.25) is 5.91 Å². The normalized spacial score (nSPS) is 15.2. The standard InChI is InChI=1S/C23H25N5O2S/c29-22(25-19-11-5-2-6-12-19)21(18-10-7-13-24-14-18)28(15-17-8-3-1-4-9-17)23(30)20-16-31-27-26-20/h1,3-4,7-10,13-14,16,19,21H,2,5-6,11-12,15H2,(H,25,29). The van der Waals surface area contributed by atoms with Crippen LogP contribution in [0.5, 0.6) is 0 Å². The summed E-state index contributed by atoms with van der Waals surface area (Å²) < 4.78 is 3.83. The van der Waals surface area contributed by atoms with Gasteiger partial charge in [-0.3, -0.25) is 14.6 Å². The molecule has 1 saturated carbocycles. The molecule has 0 saturated heterocycles. The van der Waals surface area contributed by atoms with E-state index in [1.54, 1.807) is 28.7 Å². The molecule has 1 fully saturated rings. The molecule has 31 heavy (non-hydrogen) atoms. The first-order chi connectivity index (χ1) is 15.2. The molecular weight excluding hydrogens is 410 g/mol. The van der Waals surface area contributed by atoms with Crippen LogP contribution in [-0.4, -0.2) is 37.3 Å². The minimum absolute atomic E-state index is 0.134. The van der Waals surface area contributed by atoms with E-state index >= 15 is 0 Å². The van der Waals surface area contributed by atoms with Crippen LogP contribution < -0.4 is 5.32 Å². The van der Waals surface area contributed by atoms with E-state index in [9.17, 15) is 9.59 Å². The summed E-state index contributed by atoms with van der Waals surface area (Å²) in [6.07, 6.45) is 8.67. The van der Waals surface area contributed by atoms with Crippen LogP contribution in [0.3, 0.4) is 0 Å². The van der Waals surface area contributed by atoms with Gasteiger partial charge in [0.05, 0.1) is 0 Å². The lowest BCUT2D eigenvalue weighted by Crippen LogP contribution is -2.47. The van der Waals surface area contributed by atoms with Gasteiger partial charge in [-0.25, -0.2) is 0 Å². The smallest absolute Gasteiger partial charge is 0.276 e. The van der Waals surface area contributed by atoms with Gasteiger partial charge in [0.1, 0.15) is 6.04 Å². The number of hydrogen-bond acceptors (Lipinski definition) is 6. The molecule has 8 heteroatoms. The summed E-state index contributed by atoms with van der Waals surface area (Å²) in [5, 5.41) is 8.76. The van der Waals surface area contributed by atoms with Crippen LogP contribution in [0.15, 0.2) is 60.2 Å². The van der Waals surface area contributed by atoms with Crippen LogP contribution >= 0.6 is 11.5 Å². The molecule has 0 bridgehead atoms.